The van der Waals surface area contributed by atoms with Crippen molar-refractivity contribution < 1.29 is 13.2 Å². The van der Waals surface area contributed by atoms with E-state index in [1.165, 1.54) is 0 Å². The molecule has 0 aromatic heterocycles. The van der Waals surface area contributed by atoms with Crippen molar-refractivity contribution in [2.24, 2.45) is 0 Å². The fourth-order valence-corrected chi connectivity index (χ4v) is 4.10. The van der Waals surface area contributed by atoms with Gasteiger partial charge in [-0.1, -0.05) is 24.6 Å². The maximum atomic E-state index is 12.4. The summed E-state index contributed by atoms with van der Waals surface area (Å²) in [4.78, 5) is 0.376. The largest absolute Gasteiger partial charge is 0.363 e. The van der Waals surface area contributed by atoms with Crippen molar-refractivity contribution in [3.8, 4) is 0 Å². The quantitative estimate of drug-likeness (QED) is 0.781. The Morgan fingerprint density at radius 2 is 2.06 bits per heavy atom. The zero-order chi connectivity index (χ0) is 13.0. The number of epoxide rings is 1. The summed E-state index contributed by atoms with van der Waals surface area (Å²) in [6.07, 6.45) is 0.972. The maximum absolute atomic E-state index is 12.4. The highest BCUT2D eigenvalue weighted by atomic mass is 32.2. The lowest BCUT2D eigenvalue weighted by molar-refractivity contribution is 0.211. The number of benzene rings is 1. The van der Waals surface area contributed by atoms with E-state index in [1.54, 1.807) is 16.4 Å². The summed E-state index contributed by atoms with van der Waals surface area (Å²) in [5.41, 5.74) is 0.865. The van der Waals surface area contributed by atoms with Crippen molar-refractivity contribution in [1.29, 1.82) is 0 Å². The Hall–Kier alpha value is -0.910. The molecule has 0 bridgehead atoms. The number of morpholine rings is 1. The van der Waals surface area contributed by atoms with Crippen molar-refractivity contribution in [1.82, 2.24) is 4.31 Å². The summed E-state index contributed by atoms with van der Waals surface area (Å²) in [6, 6.07) is 7.01. The highest BCUT2D eigenvalue weighted by Crippen LogP contribution is 2.47. The van der Waals surface area contributed by atoms with E-state index in [9.17, 15) is 8.42 Å². The van der Waals surface area contributed by atoms with Crippen LogP contribution in [0.25, 0.3) is 0 Å². The van der Waals surface area contributed by atoms with Crippen molar-refractivity contribution >= 4 is 10.0 Å². The molecule has 1 aromatic carbocycles. The summed E-state index contributed by atoms with van der Waals surface area (Å²) in [7, 11) is -3.35. The summed E-state index contributed by atoms with van der Waals surface area (Å²) in [5.74, 6) is 0. The molecule has 0 N–H and O–H groups in total. The molecule has 3 rings (SSSR count). The molecule has 2 aliphatic rings. The van der Waals surface area contributed by atoms with Crippen LogP contribution >= 0.6 is 0 Å². The Morgan fingerprint density at radius 1 is 1.39 bits per heavy atom. The van der Waals surface area contributed by atoms with Crippen LogP contribution in [-0.4, -0.2) is 37.5 Å². The van der Waals surface area contributed by atoms with Crippen LogP contribution in [0.1, 0.15) is 18.9 Å². The standard InChI is InChI=1S/C13H17NO3S/c1-3-13-9-14(8-12(13)17-13)18(15,16)11-6-4-10(2)5-7-11/h4-7,12H,3,8-9H2,1-2H3/t12-,13+/m1/s1. The van der Waals surface area contributed by atoms with E-state index in [0.717, 1.165) is 12.0 Å². The molecule has 4 nitrogen and oxygen atoms in total. The summed E-state index contributed by atoms with van der Waals surface area (Å²) < 4.78 is 32.0. The second kappa shape index (κ2) is 3.79. The fourth-order valence-electron chi connectivity index (χ4n) is 2.61. The number of ether oxygens (including phenoxy) is 1. The minimum atomic E-state index is -3.35. The van der Waals surface area contributed by atoms with Gasteiger partial charge in [0, 0.05) is 13.1 Å². The molecule has 2 aliphatic heterocycles. The third kappa shape index (κ3) is 1.69. The monoisotopic (exact) mass is 267 g/mol. The van der Waals surface area contributed by atoms with Gasteiger partial charge in [-0.3, -0.25) is 0 Å². The zero-order valence-electron chi connectivity index (χ0n) is 10.6. The van der Waals surface area contributed by atoms with Gasteiger partial charge in [-0.15, -0.1) is 0 Å². The lowest BCUT2D eigenvalue weighted by Crippen LogP contribution is -2.33. The molecular weight excluding hydrogens is 250 g/mol. The fraction of sp³-hybridized carbons (Fsp3) is 0.538. The third-order valence-electron chi connectivity index (χ3n) is 3.98. The van der Waals surface area contributed by atoms with Crippen LogP contribution in [0.15, 0.2) is 29.2 Å². The molecule has 2 fully saturated rings. The van der Waals surface area contributed by atoms with Gasteiger partial charge in [0.25, 0.3) is 0 Å². The molecule has 1 aromatic rings. The number of sulfonamides is 1. The summed E-state index contributed by atoms with van der Waals surface area (Å²) >= 11 is 0. The van der Waals surface area contributed by atoms with E-state index in [0.29, 0.717) is 18.0 Å². The normalized spacial score (nSPS) is 31.3. The highest BCUT2D eigenvalue weighted by Gasteiger charge is 2.63. The lowest BCUT2D eigenvalue weighted by Gasteiger charge is -2.19. The predicted molar refractivity (Wildman–Crippen MR) is 67.8 cm³/mol. The Bertz CT molecular complexity index is 562. The molecule has 0 amide bonds. The first-order valence-electron chi connectivity index (χ1n) is 6.22. The Balaban J connectivity index is 1.86. The van der Waals surface area contributed by atoms with Crippen LogP contribution in [0, 0.1) is 6.92 Å². The van der Waals surface area contributed by atoms with Gasteiger partial charge in [-0.05, 0) is 25.5 Å². The van der Waals surface area contributed by atoms with E-state index < -0.39 is 10.0 Å². The molecule has 0 saturated carbocycles. The average molecular weight is 267 g/mol. The summed E-state index contributed by atoms with van der Waals surface area (Å²) in [6.45, 7) is 4.97. The predicted octanol–water partition coefficient (Wildman–Crippen LogP) is 1.55. The number of rotatable bonds is 3. The average Bonchev–Trinajstić information content (AvgIpc) is 2.92. The molecule has 2 heterocycles. The van der Waals surface area contributed by atoms with Crippen LogP contribution < -0.4 is 0 Å². The molecule has 5 heteroatoms. The van der Waals surface area contributed by atoms with Gasteiger partial charge >= 0.3 is 0 Å². The highest BCUT2D eigenvalue weighted by molar-refractivity contribution is 7.89. The first-order chi connectivity index (χ1) is 8.48. The minimum absolute atomic E-state index is 0.0997. The first-order valence-corrected chi connectivity index (χ1v) is 7.66. The van der Waals surface area contributed by atoms with Gasteiger partial charge in [-0.25, -0.2) is 8.42 Å². The van der Waals surface area contributed by atoms with E-state index >= 15 is 0 Å². The zero-order valence-corrected chi connectivity index (χ0v) is 11.4. The van der Waals surface area contributed by atoms with Crippen molar-refractivity contribution in [3.63, 3.8) is 0 Å². The molecule has 2 saturated heterocycles. The molecule has 0 unspecified atom stereocenters. The van der Waals surface area contributed by atoms with Gasteiger partial charge in [0.2, 0.25) is 10.0 Å². The van der Waals surface area contributed by atoms with E-state index in [4.69, 9.17) is 4.74 Å². The van der Waals surface area contributed by atoms with Gasteiger partial charge in [-0.2, -0.15) is 4.31 Å². The lowest BCUT2D eigenvalue weighted by atomic mass is 10.1. The third-order valence-corrected chi connectivity index (χ3v) is 5.80. The second-order valence-electron chi connectivity index (χ2n) is 5.14. The van der Waals surface area contributed by atoms with Gasteiger partial charge < -0.3 is 4.74 Å². The van der Waals surface area contributed by atoms with Gasteiger partial charge in [0.15, 0.2) is 0 Å². The first kappa shape index (κ1) is 12.1. The van der Waals surface area contributed by atoms with Crippen LogP contribution in [-0.2, 0) is 14.8 Å². The topological polar surface area (TPSA) is 49.9 Å². The molecule has 2 atom stereocenters. The second-order valence-corrected chi connectivity index (χ2v) is 7.07. The molecule has 0 radical (unpaired) electrons. The van der Waals surface area contributed by atoms with Crippen molar-refractivity contribution in [2.45, 2.75) is 36.9 Å². The SMILES string of the molecule is CC[C@]12CN(S(=O)(=O)c3ccc(C)cc3)C[C@H]1O2. The smallest absolute Gasteiger partial charge is 0.243 e. The number of nitrogens with zero attached hydrogens (tertiary/aromatic N) is 1. The van der Waals surface area contributed by atoms with E-state index in [2.05, 4.69) is 0 Å². The van der Waals surface area contributed by atoms with Crippen LogP contribution in [0.2, 0.25) is 0 Å². The minimum Gasteiger partial charge on any atom is -0.363 e. The van der Waals surface area contributed by atoms with E-state index in [-0.39, 0.29) is 11.7 Å². The van der Waals surface area contributed by atoms with Gasteiger partial charge in [0.05, 0.1) is 4.90 Å². The molecule has 0 spiro atoms. The summed E-state index contributed by atoms with van der Waals surface area (Å²) in [5, 5.41) is 0. The number of hydrogen-bond acceptors (Lipinski definition) is 3. The van der Waals surface area contributed by atoms with Gasteiger partial charge in [0.1, 0.15) is 11.7 Å². The van der Waals surface area contributed by atoms with Crippen molar-refractivity contribution in [3.05, 3.63) is 29.8 Å². The molecule has 98 valence electrons. The molecule has 18 heavy (non-hydrogen) atoms. The Kier molecular flexibility index (Phi) is 2.56. The number of hydrogen-bond donors (Lipinski definition) is 0. The number of aryl methyl sites for hydroxylation is 1. The molecule has 0 aliphatic carbocycles. The van der Waals surface area contributed by atoms with Crippen LogP contribution in [0.3, 0.4) is 0 Å². The van der Waals surface area contributed by atoms with Crippen LogP contribution in [0.5, 0.6) is 0 Å². The Labute approximate surface area is 108 Å². The Morgan fingerprint density at radius 3 is 2.61 bits per heavy atom. The number of fused-ring (bicyclic) bond motifs is 1. The maximum Gasteiger partial charge on any atom is 0.243 e. The van der Waals surface area contributed by atoms with E-state index in [1.807, 2.05) is 26.0 Å². The van der Waals surface area contributed by atoms with Crippen LogP contribution in [0.4, 0.5) is 0 Å². The molecular formula is C13H17NO3S. The van der Waals surface area contributed by atoms with Crippen molar-refractivity contribution in [2.75, 3.05) is 13.1 Å².